The lowest BCUT2D eigenvalue weighted by molar-refractivity contribution is 0.0593. The normalized spacial score (nSPS) is 15.8. The molecule has 1 aromatic carbocycles. The highest BCUT2D eigenvalue weighted by Crippen LogP contribution is 2.28. The molecule has 0 spiro atoms. The summed E-state index contributed by atoms with van der Waals surface area (Å²) in [6, 6.07) is 17.0. The van der Waals surface area contributed by atoms with E-state index in [0.29, 0.717) is 17.7 Å². The summed E-state index contributed by atoms with van der Waals surface area (Å²) in [5, 5.41) is 4.02. The van der Waals surface area contributed by atoms with Gasteiger partial charge in [-0.25, -0.2) is 0 Å². The third kappa shape index (κ3) is 5.88. The number of nitrogens with zero attached hydrogens (tertiary/aromatic N) is 4. The molecule has 1 aliphatic heterocycles. The van der Waals surface area contributed by atoms with E-state index >= 15 is 0 Å². The predicted molar refractivity (Wildman–Crippen MR) is 129 cm³/mol. The molecule has 3 aromatic rings. The molecule has 1 aliphatic rings. The lowest BCUT2D eigenvalue weighted by atomic mass is 9.84. The molecule has 4 rings (SSSR count). The van der Waals surface area contributed by atoms with Crippen molar-refractivity contribution in [3.63, 3.8) is 0 Å². The Morgan fingerprint density at radius 3 is 2.48 bits per heavy atom. The van der Waals surface area contributed by atoms with Gasteiger partial charge in [0, 0.05) is 50.1 Å². The van der Waals surface area contributed by atoms with E-state index in [4.69, 9.17) is 4.52 Å². The van der Waals surface area contributed by atoms with Gasteiger partial charge >= 0.3 is 0 Å². The van der Waals surface area contributed by atoms with E-state index in [1.165, 1.54) is 11.1 Å². The van der Waals surface area contributed by atoms with Gasteiger partial charge in [-0.05, 0) is 49.4 Å². The third-order valence-corrected chi connectivity index (χ3v) is 6.70. The smallest absolute Gasteiger partial charge is 0.276 e. The van der Waals surface area contributed by atoms with Crippen LogP contribution in [0.25, 0.3) is 0 Å². The van der Waals surface area contributed by atoms with E-state index in [0.717, 1.165) is 44.7 Å². The summed E-state index contributed by atoms with van der Waals surface area (Å²) in [7, 11) is 2.21. The second-order valence-electron chi connectivity index (χ2n) is 9.43. The maximum absolute atomic E-state index is 13.0. The summed E-state index contributed by atoms with van der Waals surface area (Å²) in [4.78, 5) is 21.6. The summed E-state index contributed by atoms with van der Waals surface area (Å²) >= 11 is 0. The molecule has 1 atom stereocenters. The van der Waals surface area contributed by atoms with E-state index in [-0.39, 0.29) is 11.8 Å². The topological polar surface area (TPSA) is 62.5 Å². The maximum atomic E-state index is 13.0. The number of likely N-dealkylation sites (tertiary alicyclic amines) is 1. The van der Waals surface area contributed by atoms with Crippen molar-refractivity contribution in [3.8, 4) is 0 Å². The first-order chi connectivity index (χ1) is 16.0. The lowest BCUT2D eigenvalue weighted by Gasteiger charge is -2.40. The van der Waals surface area contributed by atoms with Crippen LogP contribution in [0.3, 0.4) is 0 Å². The summed E-state index contributed by atoms with van der Waals surface area (Å²) in [5.41, 5.74) is 2.99. The standard InChI is InChI=1S/C27H34N4O2/c1-20(2)26-17-24(29-33-26)27(32)31-14-11-23(12-15-31)25(16-21-8-5-4-6-9-21)30(3)19-22-10-7-13-28-18-22/h4-10,13,17-18,20,23,25H,11-12,14-16,19H2,1-3H3/t25-/m1/s1. The Balaban J connectivity index is 1.43. The first-order valence-electron chi connectivity index (χ1n) is 11.9. The van der Waals surface area contributed by atoms with Crippen molar-refractivity contribution in [2.75, 3.05) is 20.1 Å². The van der Waals surface area contributed by atoms with Gasteiger partial charge in [0.05, 0.1) is 0 Å². The molecule has 1 saturated heterocycles. The summed E-state index contributed by atoms with van der Waals surface area (Å²) in [6.07, 6.45) is 6.72. The fourth-order valence-corrected chi connectivity index (χ4v) is 4.75. The number of aromatic nitrogens is 2. The summed E-state index contributed by atoms with van der Waals surface area (Å²) in [6.45, 7) is 6.44. The van der Waals surface area contributed by atoms with Crippen molar-refractivity contribution in [2.24, 2.45) is 5.92 Å². The molecule has 1 amide bonds. The SMILES string of the molecule is CC(C)c1cc(C(=O)N2CCC([C@@H](Cc3ccccc3)N(C)Cc3cccnc3)CC2)no1. The van der Waals surface area contributed by atoms with Crippen LogP contribution in [0.1, 0.15) is 60.0 Å². The lowest BCUT2D eigenvalue weighted by Crippen LogP contribution is -2.46. The Morgan fingerprint density at radius 2 is 1.85 bits per heavy atom. The van der Waals surface area contributed by atoms with Crippen molar-refractivity contribution in [3.05, 3.63) is 83.5 Å². The van der Waals surface area contributed by atoms with Crippen molar-refractivity contribution >= 4 is 5.91 Å². The molecule has 0 saturated carbocycles. The third-order valence-electron chi connectivity index (χ3n) is 6.70. The van der Waals surface area contributed by atoms with Crippen LogP contribution in [-0.4, -0.2) is 52.0 Å². The minimum Gasteiger partial charge on any atom is -0.360 e. The number of carbonyl (C=O) groups is 1. The minimum absolute atomic E-state index is 0.0209. The number of carbonyl (C=O) groups excluding carboxylic acids is 1. The zero-order chi connectivity index (χ0) is 23.2. The van der Waals surface area contributed by atoms with Gasteiger partial charge in [-0.15, -0.1) is 0 Å². The number of hydrogen-bond acceptors (Lipinski definition) is 5. The van der Waals surface area contributed by atoms with Crippen LogP contribution in [0.15, 0.2) is 65.4 Å². The van der Waals surface area contributed by atoms with Crippen LogP contribution in [0, 0.1) is 5.92 Å². The van der Waals surface area contributed by atoms with Gasteiger partial charge in [-0.1, -0.05) is 55.4 Å². The summed E-state index contributed by atoms with van der Waals surface area (Å²) in [5.74, 6) is 1.47. The molecule has 174 valence electrons. The molecule has 0 bridgehead atoms. The van der Waals surface area contributed by atoms with Crippen LogP contribution in [-0.2, 0) is 13.0 Å². The largest absolute Gasteiger partial charge is 0.360 e. The predicted octanol–water partition coefficient (Wildman–Crippen LogP) is 4.79. The van der Waals surface area contributed by atoms with Gasteiger partial charge < -0.3 is 9.42 Å². The Labute approximate surface area is 196 Å². The van der Waals surface area contributed by atoms with E-state index in [1.807, 2.05) is 37.2 Å². The van der Waals surface area contributed by atoms with Crippen LogP contribution in [0.5, 0.6) is 0 Å². The minimum atomic E-state index is -0.0209. The number of likely N-dealkylation sites (N-methyl/N-ethyl adjacent to an activating group) is 1. The number of pyridine rings is 1. The molecular formula is C27H34N4O2. The zero-order valence-electron chi connectivity index (χ0n) is 19.9. The second kappa shape index (κ2) is 10.8. The molecule has 6 heteroatoms. The van der Waals surface area contributed by atoms with Crippen molar-refractivity contribution < 1.29 is 9.32 Å². The van der Waals surface area contributed by atoms with Crippen LogP contribution in [0.4, 0.5) is 0 Å². The van der Waals surface area contributed by atoms with Gasteiger partial charge in [0.2, 0.25) is 0 Å². The number of hydrogen-bond donors (Lipinski definition) is 0. The van der Waals surface area contributed by atoms with Gasteiger partial charge in [0.25, 0.3) is 5.91 Å². The molecular weight excluding hydrogens is 412 g/mol. The average Bonchev–Trinajstić information content (AvgIpc) is 3.34. The Morgan fingerprint density at radius 1 is 1.12 bits per heavy atom. The van der Waals surface area contributed by atoms with Gasteiger partial charge in [-0.2, -0.15) is 0 Å². The highest BCUT2D eigenvalue weighted by Gasteiger charge is 2.32. The van der Waals surface area contributed by atoms with E-state index in [2.05, 4.69) is 58.5 Å². The highest BCUT2D eigenvalue weighted by atomic mass is 16.5. The molecule has 0 radical (unpaired) electrons. The van der Waals surface area contributed by atoms with E-state index in [1.54, 1.807) is 6.07 Å². The Kier molecular flexibility index (Phi) is 7.55. The first kappa shape index (κ1) is 23.2. The van der Waals surface area contributed by atoms with Crippen molar-refractivity contribution in [2.45, 2.75) is 51.6 Å². The van der Waals surface area contributed by atoms with E-state index in [9.17, 15) is 4.79 Å². The molecule has 0 unspecified atom stereocenters. The molecule has 1 fully saturated rings. The Bertz CT molecular complexity index is 1010. The van der Waals surface area contributed by atoms with Gasteiger partial charge in [0.15, 0.2) is 5.69 Å². The van der Waals surface area contributed by atoms with Crippen LogP contribution < -0.4 is 0 Å². The quantitative estimate of drug-likeness (QED) is 0.498. The number of amides is 1. The number of benzene rings is 1. The number of piperidine rings is 1. The fraction of sp³-hybridized carbons (Fsp3) is 0.444. The van der Waals surface area contributed by atoms with Crippen LogP contribution in [0.2, 0.25) is 0 Å². The number of rotatable bonds is 8. The molecule has 2 aromatic heterocycles. The average molecular weight is 447 g/mol. The molecule has 33 heavy (non-hydrogen) atoms. The molecule has 0 N–H and O–H groups in total. The maximum Gasteiger partial charge on any atom is 0.276 e. The first-order valence-corrected chi connectivity index (χ1v) is 11.9. The van der Waals surface area contributed by atoms with Crippen molar-refractivity contribution in [1.29, 1.82) is 0 Å². The zero-order valence-corrected chi connectivity index (χ0v) is 19.9. The fourth-order valence-electron chi connectivity index (χ4n) is 4.75. The summed E-state index contributed by atoms with van der Waals surface area (Å²) < 4.78 is 5.34. The second-order valence-corrected chi connectivity index (χ2v) is 9.43. The monoisotopic (exact) mass is 446 g/mol. The van der Waals surface area contributed by atoms with Crippen LogP contribution >= 0.6 is 0 Å². The van der Waals surface area contributed by atoms with Gasteiger partial charge in [-0.3, -0.25) is 14.7 Å². The highest BCUT2D eigenvalue weighted by molar-refractivity contribution is 5.92. The molecule has 3 heterocycles. The molecule has 6 nitrogen and oxygen atoms in total. The van der Waals surface area contributed by atoms with Gasteiger partial charge in [0.1, 0.15) is 5.76 Å². The Hall–Kier alpha value is -2.99. The van der Waals surface area contributed by atoms with Crippen molar-refractivity contribution in [1.82, 2.24) is 19.9 Å². The molecule has 0 aliphatic carbocycles. The van der Waals surface area contributed by atoms with E-state index < -0.39 is 0 Å².